The van der Waals surface area contributed by atoms with Crippen molar-refractivity contribution >= 4 is 10.9 Å². The number of rotatable bonds is 6. The summed E-state index contributed by atoms with van der Waals surface area (Å²) < 4.78 is 12.4. The average molecular weight is 285 g/mol. The SMILES string of the molecule is CNCc1ccc2c(ccn2Cc2cc(COC)on2)c1. The second kappa shape index (κ2) is 6.11. The zero-order chi connectivity index (χ0) is 14.7. The third-order valence-corrected chi connectivity index (χ3v) is 3.44. The van der Waals surface area contributed by atoms with Gasteiger partial charge in [-0.25, -0.2) is 0 Å². The number of nitrogens with one attached hydrogen (secondary N) is 1. The van der Waals surface area contributed by atoms with Crippen molar-refractivity contribution in [2.75, 3.05) is 14.2 Å². The van der Waals surface area contributed by atoms with Crippen molar-refractivity contribution in [2.45, 2.75) is 19.7 Å². The van der Waals surface area contributed by atoms with Crippen molar-refractivity contribution in [3.05, 3.63) is 53.5 Å². The van der Waals surface area contributed by atoms with Gasteiger partial charge in [-0.1, -0.05) is 11.2 Å². The fraction of sp³-hybridized carbons (Fsp3) is 0.312. The maximum absolute atomic E-state index is 5.22. The van der Waals surface area contributed by atoms with Crippen LogP contribution in [-0.2, 0) is 24.4 Å². The van der Waals surface area contributed by atoms with Crippen molar-refractivity contribution in [3.8, 4) is 0 Å². The third-order valence-electron chi connectivity index (χ3n) is 3.44. The van der Waals surface area contributed by atoms with Gasteiger partial charge in [0, 0.05) is 31.4 Å². The number of hydrogen-bond acceptors (Lipinski definition) is 4. The fourth-order valence-corrected chi connectivity index (χ4v) is 2.52. The molecule has 2 aromatic heterocycles. The molecular formula is C16H19N3O2. The molecule has 21 heavy (non-hydrogen) atoms. The summed E-state index contributed by atoms with van der Waals surface area (Å²) >= 11 is 0. The Morgan fingerprint density at radius 3 is 3.00 bits per heavy atom. The number of methoxy groups -OCH3 is 1. The van der Waals surface area contributed by atoms with Crippen molar-refractivity contribution in [1.29, 1.82) is 0 Å². The summed E-state index contributed by atoms with van der Waals surface area (Å²) in [7, 11) is 3.60. The zero-order valence-electron chi connectivity index (χ0n) is 12.3. The summed E-state index contributed by atoms with van der Waals surface area (Å²) in [5, 5.41) is 8.49. The summed E-state index contributed by atoms with van der Waals surface area (Å²) in [6, 6.07) is 10.6. The molecular weight excluding hydrogens is 266 g/mol. The summed E-state index contributed by atoms with van der Waals surface area (Å²) in [5.74, 6) is 0.750. The Morgan fingerprint density at radius 1 is 1.29 bits per heavy atom. The van der Waals surface area contributed by atoms with Crippen LogP contribution in [-0.4, -0.2) is 23.9 Å². The van der Waals surface area contributed by atoms with E-state index >= 15 is 0 Å². The second-order valence-electron chi connectivity index (χ2n) is 5.08. The highest BCUT2D eigenvalue weighted by molar-refractivity contribution is 5.81. The van der Waals surface area contributed by atoms with Gasteiger partial charge in [-0.15, -0.1) is 0 Å². The molecule has 0 aliphatic heterocycles. The topological polar surface area (TPSA) is 52.2 Å². The molecule has 1 aromatic carbocycles. The minimum absolute atomic E-state index is 0.451. The predicted molar refractivity (Wildman–Crippen MR) is 81.0 cm³/mol. The molecule has 3 aromatic rings. The lowest BCUT2D eigenvalue weighted by molar-refractivity contribution is 0.155. The van der Waals surface area contributed by atoms with Gasteiger partial charge in [-0.05, 0) is 36.2 Å². The van der Waals surface area contributed by atoms with E-state index in [0.717, 1.165) is 18.0 Å². The minimum Gasteiger partial charge on any atom is -0.377 e. The largest absolute Gasteiger partial charge is 0.377 e. The maximum Gasteiger partial charge on any atom is 0.162 e. The van der Waals surface area contributed by atoms with E-state index in [1.807, 2.05) is 13.1 Å². The molecule has 0 saturated heterocycles. The molecule has 0 amide bonds. The van der Waals surface area contributed by atoms with Crippen LogP contribution in [0.15, 0.2) is 41.1 Å². The van der Waals surface area contributed by atoms with E-state index in [1.165, 1.54) is 16.5 Å². The highest BCUT2D eigenvalue weighted by Crippen LogP contribution is 2.19. The van der Waals surface area contributed by atoms with Gasteiger partial charge in [0.15, 0.2) is 5.76 Å². The van der Waals surface area contributed by atoms with Gasteiger partial charge in [0.05, 0.1) is 6.54 Å². The fourth-order valence-electron chi connectivity index (χ4n) is 2.52. The molecule has 0 fully saturated rings. The van der Waals surface area contributed by atoms with Gasteiger partial charge < -0.3 is 19.1 Å². The first-order valence-electron chi connectivity index (χ1n) is 6.96. The molecule has 0 saturated carbocycles. The van der Waals surface area contributed by atoms with Crippen LogP contribution in [0.1, 0.15) is 17.0 Å². The van der Waals surface area contributed by atoms with Crippen molar-refractivity contribution < 1.29 is 9.26 Å². The van der Waals surface area contributed by atoms with Crippen LogP contribution in [0.4, 0.5) is 0 Å². The summed E-state index contributed by atoms with van der Waals surface area (Å²) in [5.41, 5.74) is 3.39. The van der Waals surface area contributed by atoms with Crippen LogP contribution in [0, 0.1) is 0 Å². The molecule has 0 atom stereocenters. The van der Waals surface area contributed by atoms with E-state index in [0.29, 0.717) is 13.2 Å². The lowest BCUT2D eigenvalue weighted by Crippen LogP contribution is -2.04. The van der Waals surface area contributed by atoms with Crippen molar-refractivity contribution in [3.63, 3.8) is 0 Å². The Balaban J connectivity index is 1.83. The van der Waals surface area contributed by atoms with Gasteiger partial charge >= 0.3 is 0 Å². The number of fused-ring (bicyclic) bond motifs is 1. The first-order valence-corrected chi connectivity index (χ1v) is 6.96. The molecule has 0 unspecified atom stereocenters. The quantitative estimate of drug-likeness (QED) is 0.756. The average Bonchev–Trinajstić information content (AvgIpc) is 3.08. The predicted octanol–water partition coefficient (Wildman–Crippen LogP) is 2.54. The van der Waals surface area contributed by atoms with Crippen molar-refractivity contribution in [1.82, 2.24) is 15.0 Å². The van der Waals surface area contributed by atoms with Gasteiger partial charge in [-0.2, -0.15) is 0 Å². The van der Waals surface area contributed by atoms with E-state index in [1.54, 1.807) is 7.11 Å². The lowest BCUT2D eigenvalue weighted by atomic mass is 10.1. The van der Waals surface area contributed by atoms with Crippen LogP contribution in [0.2, 0.25) is 0 Å². The minimum atomic E-state index is 0.451. The molecule has 3 rings (SSSR count). The Kier molecular flexibility index (Phi) is 4.03. The second-order valence-corrected chi connectivity index (χ2v) is 5.08. The van der Waals surface area contributed by atoms with Crippen LogP contribution < -0.4 is 5.32 Å². The van der Waals surface area contributed by atoms with E-state index in [2.05, 4.69) is 45.5 Å². The molecule has 0 aliphatic rings. The number of hydrogen-bond donors (Lipinski definition) is 1. The molecule has 0 bridgehead atoms. The van der Waals surface area contributed by atoms with Crippen LogP contribution in [0.25, 0.3) is 10.9 Å². The first kappa shape index (κ1) is 13.9. The van der Waals surface area contributed by atoms with Crippen LogP contribution in [0.5, 0.6) is 0 Å². The zero-order valence-corrected chi connectivity index (χ0v) is 12.3. The number of nitrogens with zero attached hydrogens (tertiary/aromatic N) is 2. The van der Waals surface area contributed by atoms with Gasteiger partial charge in [0.2, 0.25) is 0 Å². The van der Waals surface area contributed by atoms with Crippen LogP contribution in [0.3, 0.4) is 0 Å². The summed E-state index contributed by atoms with van der Waals surface area (Å²) in [4.78, 5) is 0. The van der Waals surface area contributed by atoms with E-state index in [4.69, 9.17) is 9.26 Å². The van der Waals surface area contributed by atoms with E-state index in [9.17, 15) is 0 Å². The van der Waals surface area contributed by atoms with Gasteiger partial charge in [-0.3, -0.25) is 0 Å². The molecule has 5 nitrogen and oxygen atoms in total. The van der Waals surface area contributed by atoms with Crippen LogP contribution >= 0.6 is 0 Å². The van der Waals surface area contributed by atoms with E-state index < -0.39 is 0 Å². The number of benzene rings is 1. The maximum atomic E-state index is 5.22. The number of aromatic nitrogens is 2. The molecule has 0 aliphatic carbocycles. The Bertz CT molecular complexity index is 730. The highest BCUT2D eigenvalue weighted by Gasteiger charge is 2.07. The Hall–Kier alpha value is -2.11. The smallest absolute Gasteiger partial charge is 0.162 e. The molecule has 5 heteroatoms. The first-order chi connectivity index (χ1) is 10.3. The Labute approximate surface area is 123 Å². The molecule has 0 spiro atoms. The highest BCUT2D eigenvalue weighted by atomic mass is 16.5. The Morgan fingerprint density at radius 2 is 2.19 bits per heavy atom. The lowest BCUT2D eigenvalue weighted by Gasteiger charge is -2.04. The molecule has 1 N–H and O–H groups in total. The third kappa shape index (κ3) is 2.99. The van der Waals surface area contributed by atoms with Gasteiger partial charge in [0.1, 0.15) is 12.3 Å². The molecule has 110 valence electrons. The number of ether oxygens (including phenoxy) is 1. The summed E-state index contributed by atoms with van der Waals surface area (Å²) in [6.45, 7) is 2.03. The monoisotopic (exact) mass is 285 g/mol. The van der Waals surface area contributed by atoms with Crippen molar-refractivity contribution in [2.24, 2.45) is 0 Å². The van der Waals surface area contributed by atoms with E-state index in [-0.39, 0.29) is 0 Å². The standard InChI is InChI=1S/C16H19N3O2/c1-17-9-12-3-4-16-13(7-12)5-6-19(16)10-14-8-15(11-20-2)21-18-14/h3-8,17H,9-11H2,1-2H3. The normalized spacial score (nSPS) is 11.3. The molecule has 0 radical (unpaired) electrons. The molecule has 2 heterocycles. The summed E-state index contributed by atoms with van der Waals surface area (Å²) in [6.07, 6.45) is 2.08. The van der Waals surface area contributed by atoms with Gasteiger partial charge in [0.25, 0.3) is 0 Å².